The Hall–Kier alpha value is -1.55. The number of aromatic nitrogens is 3. The van der Waals surface area contributed by atoms with Gasteiger partial charge in [-0.1, -0.05) is 0 Å². The minimum Gasteiger partial charge on any atom is -0.394 e. The first-order valence-corrected chi connectivity index (χ1v) is 6.21. The number of nitrogens with one attached hydrogen (secondary N) is 1. The highest BCUT2D eigenvalue weighted by atomic mass is 16.8. The van der Waals surface area contributed by atoms with Crippen LogP contribution in [0.4, 0.5) is 0 Å². The second kappa shape index (κ2) is 4.48. The summed E-state index contributed by atoms with van der Waals surface area (Å²) < 4.78 is 17.9. The Morgan fingerprint density at radius 2 is 2.10 bits per heavy atom. The van der Waals surface area contributed by atoms with E-state index in [0.29, 0.717) is 0 Å². The van der Waals surface area contributed by atoms with Crippen LogP contribution in [0.15, 0.2) is 15.8 Å². The topological polar surface area (TPSA) is 116 Å². The van der Waals surface area contributed by atoms with Crippen molar-refractivity contribution in [2.75, 3.05) is 6.61 Å². The molecule has 0 saturated carbocycles. The molecule has 0 aliphatic carbocycles. The normalized spacial score (nSPS) is 35.1. The molecule has 0 unspecified atom stereocenters. The van der Waals surface area contributed by atoms with Crippen LogP contribution in [0.3, 0.4) is 0 Å². The lowest BCUT2D eigenvalue weighted by atomic mass is 10.1. The van der Waals surface area contributed by atoms with E-state index in [0.717, 1.165) is 10.9 Å². The van der Waals surface area contributed by atoms with Crippen molar-refractivity contribution in [2.45, 2.75) is 44.2 Å². The van der Waals surface area contributed by atoms with Crippen molar-refractivity contribution in [3.05, 3.63) is 27.0 Å². The first-order valence-electron chi connectivity index (χ1n) is 6.21. The van der Waals surface area contributed by atoms with Gasteiger partial charge in [-0.3, -0.25) is 9.78 Å². The van der Waals surface area contributed by atoms with Crippen LogP contribution in [0.25, 0.3) is 0 Å². The summed E-state index contributed by atoms with van der Waals surface area (Å²) in [4.78, 5) is 24.9. The average molecular weight is 285 g/mol. The summed E-state index contributed by atoms with van der Waals surface area (Å²) in [5.74, 6) is -0.837. The quantitative estimate of drug-likeness (QED) is 0.668. The summed E-state index contributed by atoms with van der Waals surface area (Å²) in [5.41, 5.74) is -1.29. The second-order valence-corrected chi connectivity index (χ2v) is 5.20. The second-order valence-electron chi connectivity index (χ2n) is 5.20. The highest BCUT2D eigenvalue weighted by Gasteiger charge is 2.56. The molecule has 0 radical (unpaired) electrons. The van der Waals surface area contributed by atoms with Gasteiger partial charge in [-0.2, -0.15) is 9.78 Å². The Morgan fingerprint density at radius 3 is 2.75 bits per heavy atom. The molecule has 2 aliphatic heterocycles. The van der Waals surface area contributed by atoms with Crippen LogP contribution >= 0.6 is 0 Å². The van der Waals surface area contributed by atoms with Gasteiger partial charge in [-0.05, 0) is 13.8 Å². The van der Waals surface area contributed by atoms with Crippen molar-refractivity contribution >= 4 is 0 Å². The number of H-pyrrole nitrogens is 1. The van der Waals surface area contributed by atoms with Crippen LogP contribution in [-0.4, -0.2) is 50.6 Å². The minimum atomic E-state index is -0.858. The van der Waals surface area contributed by atoms with E-state index >= 15 is 0 Å². The van der Waals surface area contributed by atoms with Crippen molar-refractivity contribution < 1.29 is 19.3 Å². The van der Waals surface area contributed by atoms with E-state index in [9.17, 15) is 14.7 Å². The molecular weight excluding hydrogens is 270 g/mol. The number of ether oxygens (including phenoxy) is 3. The van der Waals surface area contributed by atoms with Crippen LogP contribution in [0.2, 0.25) is 0 Å². The van der Waals surface area contributed by atoms with E-state index in [1.165, 1.54) is 0 Å². The van der Waals surface area contributed by atoms with E-state index in [1.54, 1.807) is 13.8 Å². The maximum absolute atomic E-state index is 11.8. The number of aromatic amines is 1. The lowest BCUT2D eigenvalue weighted by Crippen LogP contribution is -2.39. The van der Waals surface area contributed by atoms with Gasteiger partial charge in [-0.25, -0.2) is 4.79 Å². The SMILES string of the molecule is CC1(C)O[C@@H]2[C@H](O1)[C@@H](CO)O[C@H]2n1ncc(=O)[nH]c1=O. The molecule has 110 valence electrons. The van der Waals surface area contributed by atoms with E-state index in [1.807, 2.05) is 0 Å². The molecule has 2 saturated heterocycles. The van der Waals surface area contributed by atoms with Crippen LogP contribution in [0.1, 0.15) is 20.1 Å². The zero-order valence-corrected chi connectivity index (χ0v) is 11.0. The van der Waals surface area contributed by atoms with Gasteiger partial charge >= 0.3 is 5.69 Å². The molecule has 1 aromatic heterocycles. The Kier molecular flexibility index (Phi) is 3.01. The van der Waals surface area contributed by atoms with Gasteiger partial charge in [0, 0.05) is 0 Å². The molecule has 0 amide bonds. The fraction of sp³-hybridized carbons (Fsp3) is 0.727. The molecule has 2 N–H and O–H groups in total. The van der Waals surface area contributed by atoms with Crippen LogP contribution < -0.4 is 11.2 Å². The number of hydrogen-bond donors (Lipinski definition) is 2. The predicted molar refractivity (Wildman–Crippen MR) is 63.9 cm³/mol. The number of aliphatic hydroxyl groups excluding tert-OH is 1. The van der Waals surface area contributed by atoms with Gasteiger partial charge < -0.3 is 19.3 Å². The molecule has 0 spiro atoms. The summed E-state index contributed by atoms with van der Waals surface area (Å²) >= 11 is 0. The monoisotopic (exact) mass is 285 g/mol. The molecule has 3 rings (SSSR count). The largest absolute Gasteiger partial charge is 0.394 e. The van der Waals surface area contributed by atoms with E-state index in [4.69, 9.17) is 14.2 Å². The van der Waals surface area contributed by atoms with Crippen molar-refractivity contribution in [1.29, 1.82) is 0 Å². The molecule has 3 heterocycles. The molecule has 20 heavy (non-hydrogen) atoms. The van der Waals surface area contributed by atoms with Crippen molar-refractivity contribution in [2.24, 2.45) is 0 Å². The first-order chi connectivity index (χ1) is 9.41. The van der Waals surface area contributed by atoms with Gasteiger partial charge in [0.1, 0.15) is 24.5 Å². The molecule has 4 atom stereocenters. The highest BCUT2D eigenvalue weighted by molar-refractivity contribution is 4.96. The molecule has 2 aliphatic rings. The standard InChI is InChI=1S/C11H15N3O6/c1-11(2)19-7-5(4-15)18-9(8(7)20-11)14-10(17)13-6(16)3-12-14/h3,5,7-9,15H,4H2,1-2H3,(H,13,16,17)/t5-,7-,8-,9-/m1/s1. The predicted octanol–water partition coefficient (Wildman–Crippen LogP) is -1.66. The number of aliphatic hydroxyl groups is 1. The molecule has 0 aromatic carbocycles. The van der Waals surface area contributed by atoms with Crippen LogP contribution in [-0.2, 0) is 14.2 Å². The fourth-order valence-electron chi connectivity index (χ4n) is 2.55. The van der Waals surface area contributed by atoms with Crippen molar-refractivity contribution in [1.82, 2.24) is 14.8 Å². The van der Waals surface area contributed by atoms with Crippen LogP contribution in [0, 0.1) is 0 Å². The van der Waals surface area contributed by atoms with Gasteiger partial charge in [0.2, 0.25) is 0 Å². The number of nitrogens with zero attached hydrogens (tertiary/aromatic N) is 2. The molecule has 0 bridgehead atoms. The van der Waals surface area contributed by atoms with E-state index in [2.05, 4.69) is 10.1 Å². The zero-order valence-electron chi connectivity index (χ0n) is 11.0. The lowest BCUT2D eigenvalue weighted by molar-refractivity contribution is -0.202. The maximum atomic E-state index is 11.8. The minimum absolute atomic E-state index is 0.269. The third-order valence-electron chi connectivity index (χ3n) is 3.28. The molecule has 9 heteroatoms. The summed E-state index contributed by atoms with van der Waals surface area (Å²) in [6.07, 6.45) is -1.58. The fourth-order valence-corrected chi connectivity index (χ4v) is 2.55. The molecule has 9 nitrogen and oxygen atoms in total. The van der Waals surface area contributed by atoms with Gasteiger partial charge in [0.15, 0.2) is 12.0 Å². The zero-order chi connectivity index (χ0) is 14.5. The van der Waals surface area contributed by atoms with Gasteiger partial charge in [-0.15, -0.1) is 0 Å². The number of fused-ring (bicyclic) bond motifs is 1. The third kappa shape index (κ3) is 2.08. The Labute approximate surface area is 113 Å². The third-order valence-corrected chi connectivity index (χ3v) is 3.28. The highest BCUT2D eigenvalue weighted by Crippen LogP contribution is 2.41. The smallest absolute Gasteiger partial charge is 0.347 e. The van der Waals surface area contributed by atoms with Crippen LogP contribution in [0.5, 0.6) is 0 Å². The van der Waals surface area contributed by atoms with E-state index < -0.39 is 41.6 Å². The Balaban J connectivity index is 1.98. The number of rotatable bonds is 2. The van der Waals surface area contributed by atoms with E-state index in [-0.39, 0.29) is 6.61 Å². The Bertz CT molecular complexity index is 623. The Morgan fingerprint density at radius 1 is 1.40 bits per heavy atom. The number of hydrogen-bond acceptors (Lipinski definition) is 7. The summed E-state index contributed by atoms with van der Waals surface area (Å²) in [5, 5.41) is 13.1. The average Bonchev–Trinajstić information content (AvgIpc) is 2.83. The van der Waals surface area contributed by atoms with Crippen molar-refractivity contribution in [3.63, 3.8) is 0 Å². The first kappa shape index (κ1) is 13.4. The van der Waals surface area contributed by atoms with Crippen molar-refractivity contribution in [3.8, 4) is 0 Å². The summed E-state index contributed by atoms with van der Waals surface area (Å²) in [7, 11) is 0. The summed E-state index contributed by atoms with van der Waals surface area (Å²) in [6, 6.07) is 0. The molecule has 2 fully saturated rings. The maximum Gasteiger partial charge on any atom is 0.347 e. The molecular formula is C11H15N3O6. The molecule has 1 aromatic rings. The van der Waals surface area contributed by atoms with Gasteiger partial charge in [0.25, 0.3) is 5.56 Å². The summed E-state index contributed by atoms with van der Waals surface area (Å²) in [6.45, 7) is 3.20. The lowest BCUT2D eigenvalue weighted by Gasteiger charge is -2.23. The van der Waals surface area contributed by atoms with Gasteiger partial charge in [0.05, 0.1) is 6.61 Å².